The lowest BCUT2D eigenvalue weighted by Crippen LogP contribution is -2.48. The highest BCUT2D eigenvalue weighted by atomic mass is 16.3. The molecule has 0 saturated heterocycles. The van der Waals surface area contributed by atoms with Crippen molar-refractivity contribution in [3.8, 4) is 0 Å². The summed E-state index contributed by atoms with van der Waals surface area (Å²) in [4.78, 5) is 0. The normalized spacial score (nSPS) is 23.7. The van der Waals surface area contributed by atoms with Gasteiger partial charge in [-0.2, -0.15) is 0 Å². The van der Waals surface area contributed by atoms with Crippen LogP contribution in [0.25, 0.3) is 0 Å². The third-order valence-electron chi connectivity index (χ3n) is 4.45. The zero-order chi connectivity index (χ0) is 13.0. The summed E-state index contributed by atoms with van der Waals surface area (Å²) < 4.78 is 0. The summed E-state index contributed by atoms with van der Waals surface area (Å²) in [6.07, 6.45) is 4.05. The molecule has 0 bridgehead atoms. The third-order valence-corrected chi connectivity index (χ3v) is 4.45. The molecule has 100 valence electrons. The van der Waals surface area contributed by atoms with E-state index in [2.05, 4.69) is 49.5 Å². The highest BCUT2D eigenvalue weighted by Crippen LogP contribution is 2.36. The van der Waals surface area contributed by atoms with Crippen molar-refractivity contribution in [2.75, 3.05) is 6.54 Å². The fraction of sp³-hybridized carbons (Fsp3) is 0.625. The Bertz CT molecular complexity index is 353. The molecule has 1 saturated carbocycles. The van der Waals surface area contributed by atoms with E-state index in [0.29, 0.717) is 12.0 Å². The fourth-order valence-corrected chi connectivity index (χ4v) is 2.62. The monoisotopic (exact) mass is 247 g/mol. The Morgan fingerprint density at radius 3 is 2.33 bits per heavy atom. The van der Waals surface area contributed by atoms with Crippen molar-refractivity contribution in [2.45, 2.75) is 57.1 Å². The van der Waals surface area contributed by atoms with Crippen LogP contribution in [0.3, 0.4) is 0 Å². The van der Waals surface area contributed by atoms with Crippen molar-refractivity contribution >= 4 is 0 Å². The van der Waals surface area contributed by atoms with E-state index < -0.39 is 5.60 Å². The van der Waals surface area contributed by atoms with Gasteiger partial charge in [0.25, 0.3) is 0 Å². The van der Waals surface area contributed by atoms with E-state index in [0.717, 1.165) is 19.4 Å². The zero-order valence-corrected chi connectivity index (χ0v) is 11.5. The summed E-state index contributed by atoms with van der Waals surface area (Å²) in [5.74, 6) is 0.708. The maximum atomic E-state index is 10.2. The van der Waals surface area contributed by atoms with Crippen LogP contribution in [-0.2, 0) is 0 Å². The minimum absolute atomic E-state index is 0.516. The molecule has 0 aliphatic heterocycles. The molecule has 2 nitrogen and oxygen atoms in total. The molecular weight excluding hydrogens is 222 g/mol. The van der Waals surface area contributed by atoms with Gasteiger partial charge in [-0.25, -0.2) is 0 Å². The second-order valence-corrected chi connectivity index (χ2v) is 5.59. The summed E-state index contributed by atoms with van der Waals surface area (Å²) in [6.45, 7) is 4.84. The van der Waals surface area contributed by atoms with Crippen LogP contribution in [0.4, 0.5) is 0 Å². The highest BCUT2D eigenvalue weighted by molar-refractivity contribution is 5.22. The van der Waals surface area contributed by atoms with Crippen molar-refractivity contribution in [3.63, 3.8) is 0 Å². The molecule has 1 aromatic carbocycles. The van der Waals surface area contributed by atoms with Crippen molar-refractivity contribution in [3.05, 3.63) is 35.9 Å². The summed E-state index contributed by atoms with van der Waals surface area (Å²) in [6, 6.07) is 11.3. The van der Waals surface area contributed by atoms with E-state index in [9.17, 15) is 5.11 Å². The first-order valence-electron chi connectivity index (χ1n) is 7.17. The number of benzene rings is 1. The second kappa shape index (κ2) is 5.85. The maximum Gasteiger partial charge on any atom is 0.0766 e. The molecule has 1 aliphatic rings. The van der Waals surface area contributed by atoms with Gasteiger partial charge in [0.2, 0.25) is 0 Å². The zero-order valence-electron chi connectivity index (χ0n) is 11.5. The summed E-state index contributed by atoms with van der Waals surface area (Å²) in [7, 11) is 0. The molecule has 2 heteroatoms. The third kappa shape index (κ3) is 3.12. The van der Waals surface area contributed by atoms with E-state index in [1.165, 1.54) is 18.4 Å². The van der Waals surface area contributed by atoms with Crippen molar-refractivity contribution in [2.24, 2.45) is 0 Å². The van der Waals surface area contributed by atoms with Crippen molar-refractivity contribution in [1.82, 2.24) is 5.32 Å². The van der Waals surface area contributed by atoms with E-state index in [4.69, 9.17) is 0 Å². The maximum absolute atomic E-state index is 10.2. The molecule has 0 amide bonds. The Labute approximate surface area is 110 Å². The molecule has 0 aromatic heterocycles. The van der Waals surface area contributed by atoms with Crippen LogP contribution in [0, 0.1) is 0 Å². The van der Waals surface area contributed by atoms with Crippen LogP contribution in [0.15, 0.2) is 30.3 Å². The molecule has 1 aliphatic carbocycles. The molecule has 1 fully saturated rings. The molecule has 0 heterocycles. The lowest BCUT2D eigenvalue weighted by molar-refractivity contribution is 0.0261. The fourth-order valence-electron chi connectivity index (χ4n) is 2.62. The molecule has 2 rings (SSSR count). The van der Waals surface area contributed by atoms with Crippen LogP contribution < -0.4 is 5.32 Å². The van der Waals surface area contributed by atoms with Crippen LogP contribution >= 0.6 is 0 Å². The first-order valence-corrected chi connectivity index (χ1v) is 7.17. The quantitative estimate of drug-likeness (QED) is 0.809. The number of rotatable bonds is 6. The molecule has 2 N–H and O–H groups in total. The Morgan fingerprint density at radius 2 is 1.78 bits per heavy atom. The Morgan fingerprint density at radius 1 is 1.17 bits per heavy atom. The highest BCUT2D eigenvalue weighted by Gasteiger charge is 2.32. The van der Waals surface area contributed by atoms with Crippen LogP contribution in [0.1, 0.15) is 51.0 Å². The summed E-state index contributed by atoms with van der Waals surface area (Å²) in [5, 5.41) is 13.7. The minimum atomic E-state index is -0.516. The average molecular weight is 247 g/mol. The molecule has 0 radical (unpaired) electrons. The lowest BCUT2D eigenvalue weighted by atomic mass is 9.75. The smallest absolute Gasteiger partial charge is 0.0766 e. The standard InChI is InChI=1S/C16H25NO/c1-3-16(18,4-2)12-17-15-10-14(11-15)13-8-6-5-7-9-13/h5-9,14-15,17-18H,3-4,10-12H2,1-2H3. The topological polar surface area (TPSA) is 32.3 Å². The van der Waals surface area contributed by atoms with Gasteiger partial charge in [0.1, 0.15) is 0 Å². The minimum Gasteiger partial charge on any atom is -0.389 e. The van der Waals surface area contributed by atoms with E-state index in [1.54, 1.807) is 0 Å². The molecule has 0 unspecified atom stereocenters. The summed E-state index contributed by atoms with van der Waals surface area (Å²) >= 11 is 0. The molecule has 18 heavy (non-hydrogen) atoms. The van der Waals surface area contributed by atoms with Crippen LogP contribution in [0.2, 0.25) is 0 Å². The predicted molar refractivity (Wildman–Crippen MR) is 75.7 cm³/mol. The van der Waals surface area contributed by atoms with Crippen molar-refractivity contribution < 1.29 is 5.11 Å². The lowest BCUT2D eigenvalue weighted by Gasteiger charge is -2.38. The van der Waals surface area contributed by atoms with Crippen molar-refractivity contribution in [1.29, 1.82) is 0 Å². The van der Waals surface area contributed by atoms with Gasteiger partial charge in [-0.05, 0) is 37.2 Å². The summed E-state index contributed by atoms with van der Waals surface area (Å²) in [5.41, 5.74) is 0.939. The van der Waals surface area contributed by atoms with Gasteiger partial charge in [-0.1, -0.05) is 44.2 Å². The van der Waals surface area contributed by atoms with Gasteiger partial charge in [0.05, 0.1) is 5.60 Å². The molecule has 0 atom stereocenters. The van der Waals surface area contributed by atoms with Gasteiger partial charge in [-0.15, -0.1) is 0 Å². The Balaban J connectivity index is 1.74. The average Bonchev–Trinajstić information content (AvgIpc) is 2.38. The van der Waals surface area contributed by atoms with Crippen LogP contribution in [-0.4, -0.2) is 23.3 Å². The molecule has 0 spiro atoms. The SMILES string of the molecule is CCC(O)(CC)CNC1CC(c2ccccc2)C1. The molecule has 1 aromatic rings. The second-order valence-electron chi connectivity index (χ2n) is 5.59. The number of hydrogen-bond acceptors (Lipinski definition) is 2. The predicted octanol–water partition coefficient (Wildman–Crippen LogP) is 3.07. The number of aliphatic hydroxyl groups is 1. The van der Waals surface area contributed by atoms with Gasteiger partial charge >= 0.3 is 0 Å². The number of nitrogens with one attached hydrogen (secondary N) is 1. The van der Waals surface area contributed by atoms with Gasteiger partial charge in [0.15, 0.2) is 0 Å². The van der Waals surface area contributed by atoms with E-state index in [1.807, 2.05) is 0 Å². The first-order chi connectivity index (χ1) is 8.67. The van der Waals surface area contributed by atoms with E-state index >= 15 is 0 Å². The van der Waals surface area contributed by atoms with Gasteiger partial charge in [-0.3, -0.25) is 0 Å². The Hall–Kier alpha value is -0.860. The van der Waals surface area contributed by atoms with Gasteiger partial charge in [0, 0.05) is 12.6 Å². The Kier molecular flexibility index (Phi) is 4.41. The first kappa shape index (κ1) is 13.6. The largest absolute Gasteiger partial charge is 0.389 e. The number of hydrogen-bond donors (Lipinski definition) is 2. The van der Waals surface area contributed by atoms with E-state index in [-0.39, 0.29) is 0 Å². The van der Waals surface area contributed by atoms with Crippen LogP contribution in [0.5, 0.6) is 0 Å². The molecular formula is C16H25NO. The van der Waals surface area contributed by atoms with Gasteiger partial charge < -0.3 is 10.4 Å².